The zero-order chi connectivity index (χ0) is 21.7. The van der Waals surface area contributed by atoms with Crippen LogP contribution in [0.5, 0.6) is 0 Å². The number of hydrazone groups is 1. The number of thioether (sulfide) groups is 1. The standard InChI is InChI=1S/C24H26BrN3OS/c1-16-9-10-22(11-17(16)2)28-18(3)12-21(19(28)4)13-26-27-24(29)15-30-14-20-7-5-6-8-23(20)25/h5-13H,14-15H2,1-4H3,(H,27,29)/b26-13+. The predicted octanol–water partition coefficient (Wildman–Crippen LogP) is 5.86. The van der Waals surface area contributed by atoms with Gasteiger partial charge in [0.1, 0.15) is 0 Å². The molecule has 1 N–H and O–H groups in total. The molecule has 0 radical (unpaired) electrons. The zero-order valence-electron chi connectivity index (χ0n) is 17.7. The summed E-state index contributed by atoms with van der Waals surface area (Å²) >= 11 is 5.09. The van der Waals surface area contributed by atoms with E-state index in [2.05, 4.69) is 89.1 Å². The second-order valence-electron chi connectivity index (χ2n) is 7.31. The number of carbonyl (C=O) groups is 1. The van der Waals surface area contributed by atoms with Gasteiger partial charge in [-0.25, -0.2) is 5.43 Å². The van der Waals surface area contributed by atoms with Crippen LogP contribution >= 0.6 is 27.7 Å². The fourth-order valence-electron chi connectivity index (χ4n) is 3.26. The molecule has 0 aliphatic carbocycles. The van der Waals surface area contributed by atoms with Crippen LogP contribution in [0, 0.1) is 27.7 Å². The molecule has 1 heterocycles. The summed E-state index contributed by atoms with van der Waals surface area (Å²) in [4.78, 5) is 12.1. The van der Waals surface area contributed by atoms with Gasteiger partial charge in [0.05, 0.1) is 12.0 Å². The number of carbonyl (C=O) groups excluding carboxylic acids is 1. The molecule has 0 spiro atoms. The van der Waals surface area contributed by atoms with Gasteiger partial charge in [-0.15, -0.1) is 11.8 Å². The molecule has 6 heteroatoms. The molecule has 156 valence electrons. The van der Waals surface area contributed by atoms with Crippen molar-refractivity contribution in [3.63, 3.8) is 0 Å². The Bertz CT molecular complexity index is 1090. The van der Waals surface area contributed by atoms with Crippen molar-refractivity contribution < 1.29 is 4.79 Å². The van der Waals surface area contributed by atoms with Crippen LogP contribution in [0.4, 0.5) is 0 Å². The van der Waals surface area contributed by atoms with Gasteiger partial charge in [0.2, 0.25) is 5.91 Å². The second kappa shape index (κ2) is 10.1. The number of aromatic nitrogens is 1. The van der Waals surface area contributed by atoms with Gasteiger partial charge in [-0.3, -0.25) is 4.79 Å². The summed E-state index contributed by atoms with van der Waals surface area (Å²) in [6.07, 6.45) is 1.72. The van der Waals surface area contributed by atoms with Crippen molar-refractivity contribution in [1.82, 2.24) is 9.99 Å². The Balaban J connectivity index is 1.59. The molecule has 1 aromatic heterocycles. The first-order valence-electron chi connectivity index (χ1n) is 9.76. The van der Waals surface area contributed by atoms with Gasteiger partial charge in [-0.2, -0.15) is 5.10 Å². The van der Waals surface area contributed by atoms with Gasteiger partial charge < -0.3 is 4.57 Å². The Kier molecular flexibility index (Phi) is 7.56. The topological polar surface area (TPSA) is 46.4 Å². The van der Waals surface area contributed by atoms with Gasteiger partial charge in [0.15, 0.2) is 0 Å². The Morgan fingerprint density at radius 3 is 2.60 bits per heavy atom. The Hall–Kier alpha value is -2.31. The SMILES string of the molecule is Cc1ccc(-n2c(C)cc(/C=N/NC(=O)CSCc3ccccc3Br)c2C)cc1C. The molecular weight excluding hydrogens is 458 g/mol. The fraction of sp³-hybridized carbons (Fsp3) is 0.250. The highest BCUT2D eigenvalue weighted by atomic mass is 79.9. The molecule has 3 aromatic rings. The summed E-state index contributed by atoms with van der Waals surface area (Å²) in [6.45, 7) is 8.39. The van der Waals surface area contributed by atoms with Crippen LogP contribution in [0.3, 0.4) is 0 Å². The van der Waals surface area contributed by atoms with Gasteiger partial charge in [-0.05, 0) is 68.7 Å². The molecule has 0 saturated heterocycles. The van der Waals surface area contributed by atoms with Crippen LogP contribution in [0.2, 0.25) is 0 Å². The average Bonchev–Trinajstić information content (AvgIpc) is 2.99. The van der Waals surface area contributed by atoms with Gasteiger partial charge in [0.25, 0.3) is 0 Å². The maximum atomic E-state index is 12.1. The molecule has 0 saturated carbocycles. The number of rotatable bonds is 7. The molecule has 30 heavy (non-hydrogen) atoms. The molecule has 0 atom stereocenters. The average molecular weight is 484 g/mol. The number of halogens is 1. The highest BCUT2D eigenvalue weighted by Crippen LogP contribution is 2.22. The van der Waals surface area contributed by atoms with E-state index in [0.717, 1.165) is 32.9 Å². The molecule has 0 aliphatic rings. The minimum absolute atomic E-state index is 0.105. The summed E-state index contributed by atoms with van der Waals surface area (Å²) in [6, 6.07) is 16.6. The van der Waals surface area contributed by atoms with E-state index in [0.29, 0.717) is 5.75 Å². The molecule has 0 unspecified atom stereocenters. The van der Waals surface area contributed by atoms with Gasteiger partial charge in [0, 0.05) is 32.9 Å². The van der Waals surface area contributed by atoms with Crippen molar-refractivity contribution in [3.8, 4) is 5.69 Å². The summed E-state index contributed by atoms with van der Waals surface area (Å²) in [5.41, 5.74) is 10.7. The number of amides is 1. The quantitative estimate of drug-likeness (QED) is 0.338. The predicted molar refractivity (Wildman–Crippen MR) is 131 cm³/mol. The number of hydrogen-bond donors (Lipinski definition) is 1. The van der Waals surface area contributed by atoms with E-state index >= 15 is 0 Å². The maximum Gasteiger partial charge on any atom is 0.250 e. The first kappa shape index (κ1) is 22.4. The third-order valence-electron chi connectivity index (χ3n) is 5.06. The molecule has 3 rings (SSSR count). The molecule has 0 fully saturated rings. The van der Waals surface area contributed by atoms with E-state index in [1.54, 1.807) is 18.0 Å². The third kappa shape index (κ3) is 5.43. The largest absolute Gasteiger partial charge is 0.318 e. The van der Waals surface area contributed by atoms with E-state index in [1.807, 2.05) is 18.2 Å². The molecule has 1 amide bonds. The van der Waals surface area contributed by atoms with Crippen LogP contribution in [0.25, 0.3) is 5.69 Å². The van der Waals surface area contributed by atoms with Crippen molar-refractivity contribution in [1.29, 1.82) is 0 Å². The van der Waals surface area contributed by atoms with E-state index in [4.69, 9.17) is 0 Å². The smallest absolute Gasteiger partial charge is 0.250 e. The lowest BCUT2D eigenvalue weighted by Crippen LogP contribution is -2.19. The lowest BCUT2D eigenvalue weighted by Gasteiger charge is -2.11. The highest BCUT2D eigenvalue weighted by Gasteiger charge is 2.10. The monoisotopic (exact) mass is 483 g/mol. The van der Waals surface area contributed by atoms with Crippen LogP contribution < -0.4 is 5.43 Å². The van der Waals surface area contributed by atoms with Crippen molar-refractivity contribution in [2.45, 2.75) is 33.4 Å². The summed E-state index contributed by atoms with van der Waals surface area (Å²) in [5, 5.41) is 4.16. The van der Waals surface area contributed by atoms with E-state index in [9.17, 15) is 4.79 Å². The Morgan fingerprint density at radius 1 is 1.10 bits per heavy atom. The van der Waals surface area contributed by atoms with Crippen LogP contribution in [-0.4, -0.2) is 22.4 Å². The molecular formula is C24H26BrN3OS. The number of nitrogens with zero attached hydrogens (tertiary/aromatic N) is 2. The lowest BCUT2D eigenvalue weighted by atomic mass is 10.1. The summed E-state index contributed by atoms with van der Waals surface area (Å²) in [7, 11) is 0. The van der Waals surface area contributed by atoms with E-state index in [-0.39, 0.29) is 5.91 Å². The Morgan fingerprint density at radius 2 is 1.87 bits per heavy atom. The van der Waals surface area contributed by atoms with Crippen molar-refractivity contribution >= 4 is 39.8 Å². The van der Waals surface area contributed by atoms with Crippen molar-refractivity contribution in [2.24, 2.45) is 5.10 Å². The van der Waals surface area contributed by atoms with Gasteiger partial charge >= 0.3 is 0 Å². The van der Waals surface area contributed by atoms with Crippen molar-refractivity contribution in [2.75, 3.05) is 5.75 Å². The fourth-order valence-corrected chi connectivity index (χ4v) is 4.69. The van der Waals surface area contributed by atoms with E-state index in [1.165, 1.54) is 16.7 Å². The minimum atomic E-state index is -0.105. The second-order valence-corrected chi connectivity index (χ2v) is 9.15. The lowest BCUT2D eigenvalue weighted by molar-refractivity contribution is -0.118. The highest BCUT2D eigenvalue weighted by molar-refractivity contribution is 9.10. The van der Waals surface area contributed by atoms with Crippen LogP contribution in [0.15, 0.2) is 58.1 Å². The van der Waals surface area contributed by atoms with Crippen molar-refractivity contribution in [3.05, 3.63) is 86.6 Å². The normalized spacial score (nSPS) is 11.2. The van der Waals surface area contributed by atoms with E-state index < -0.39 is 0 Å². The zero-order valence-corrected chi connectivity index (χ0v) is 20.1. The summed E-state index contributed by atoms with van der Waals surface area (Å²) in [5.74, 6) is 1.03. The molecule has 0 bridgehead atoms. The third-order valence-corrected chi connectivity index (χ3v) is 6.82. The molecule has 0 aliphatic heterocycles. The molecule has 4 nitrogen and oxygen atoms in total. The number of benzene rings is 2. The molecule has 2 aromatic carbocycles. The Labute approximate surface area is 190 Å². The van der Waals surface area contributed by atoms with Crippen LogP contribution in [0.1, 0.15) is 33.6 Å². The first-order chi connectivity index (χ1) is 14.4. The van der Waals surface area contributed by atoms with Crippen LogP contribution in [-0.2, 0) is 10.5 Å². The maximum absolute atomic E-state index is 12.1. The first-order valence-corrected chi connectivity index (χ1v) is 11.7. The number of hydrogen-bond acceptors (Lipinski definition) is 3. The number of nitrogens with one attached hydrogen (secondary N) is 1. The van der Waals surface area contributed by atoms with Gasteiger partial charge in [-0.1, -0.05) is 40.2 Å². The minimum Gasteiger partial charge on any atom is -0.318 e. The summed E-state index contributed by atoms with van der Waals surface area (Å²) < 4.78 is 3.28. The number of aryl methyl sites for hydroxylation is 3.